The van der Waals surface area contributed by atoms with Gasteiger partial charge in [0.25, 0.3) is 11.5 Å². The van der Waals surface area contributed by atoms with Gasteiger partial charge in [-0.15, -0.1) is 0 Å². The number of pyridine rings is 1. The molecule has 2 aliphatic heterocycles. The highest BCUT2D eigenvalue weighted by atomic mass is 16.7. The molecule has 0 radical (unpaired) electrons. The Morgan fingerprint density at radius 3 is 2.72 bits per heavy atom. The molecule has 0 aromatic carbocycles. The van der Waals surface area contributed by atoms with Crippen LogP contribution in [0.5, 0.6) is 0 Å². The number of aryl methyl sites for hydroxylation is 1. The van der Waals surface area contributed by atoms with Crippen LogP contribution < -0.4 is 11.3 Å². The highest BCUT2D eigenvalue weighted by molar-refractivity contribution is 5.93. The van der Waals surface area contributed by atoms with E-state index in [4.69, 9.17) is 15.2 Å². The normalized spacial score (nSPS) is 20.3. The van der Waals surface area contributed by atoms with Crippen LogP contribution in [0.4, 0.5) is 0 Å². The number of amides is 1. The van der Waals surface area contributed by atoms with Crippen LogP contribution >= 0.6 is 0 Å². The molecule has 6 nitrogen and oxygen atoms in total. The summed E-state index contributed by atoms with van der Waals surface area (Å²) in [5.41, 5.74) is 6.19. The van der Waals surface area contributed by atoms with Crippen molar-refractivity contribution in [2.75, 3.05) is 13.2 Å². The van der Waals surface area contributed by atoms with Gasteiger partial charge in [0.05, 0.1) is 18.9 Å². The number of nitrogens with two attached hydrogens (primary N) is 1. The second-order valence-corrected chi connectivity index (χ2v) is 4.61. The third kappa shape index (κ3) is 1.36. The summed E-state index contributed by atoms with van der Waals surface area (Å²) in [6.07, 6.45) is 0.587. The van der Waals surface area contributed by atoms with Crippen molar-refractivity contribution in [3.05, 3.63) is 33.2 Å². The lowest BCUT2D eigenvalue weighted by molar-refractivity contribution is -0.163. The molecule has 0 bridgehead atoms. The van der Waals surface area contributed by atoms with Gasteiger partial charge in [0, 0.05) is 13.0 Å². The molecule has 0 atom stereocenters. The molecule has 6 heteroatoms. The SMILES string of the molecule is Cc1cc2n(c(=O)c1C(N)=O)CCC21OCCO1. The molecule has 2 aliphatic rings. The number of hydrogen-bond acceptors (Lipinski definition) is 4. The predicted molar refractivity (Wildman–Crippen MR) is 62.2 cm³/mol. The maximum atomic E-state index is 12.2. The lowest BCUT2D eigenvalue weighted by atomic mass is 10.1. The van der Waals surface area contributed by atoms with Crippen molar-refractivity contribution in [1.29, 1.82) is 0 Å². The van der Waals surface area contributed by atoms with Gasteiger partial charge in [0.15, 0.2) is 0 Å². The molecule has 0 saturated carbocycles. The maximum absolute atomic E-state index is 12.2. The molecule has 1 aromatic heterocycles. The number of carbonyl (C=O) groups is 1. The summed E-state index contributed by atoms with van der Waals surface area (Å²) < 4.78 is 12.8. The Bertz CT molecular complexity index is 584. The van der Waals surface area contributed by atoms with Gasteiger partial charge in [-0.05, 0) is 18.6 Å². The van der Waals surface area contributed by atoms with Gasteiger partial charge in [0.2, 0.25) is 5.79 Å². The first-order valence-electron chi connectivity index (χ1n) is 5.88. The second-order valence-electron chi connectivity index (χ2n) is 4.61. The summed E-state index contributed by atoms with van der Waals surface area (Å²) in [6.45, 7) is 3.22. The van der Waals surface area contributed by atoms with Gasteiger partial charge < -0.3 is 19.8 Å². The quantitative estimate of drug-likeness (QED) is 0.751. The average Bonchev–Trinajstić information content (AvgIpc) is 2.89. The first kappa shape index (κ1) is 11.4. The first-order valence-corrected chi connectivity index (χ1v) is 5.88. The lowest BCUT2D eigenvalue weighted by Gasteiger charge is -2.22. The zero-order valence-electron chi connectivity index (χ0n) is 10.1. The van der Waals surface area contributed by atoms with Gasteiger partial charge in [-0.25, -0.2) is 0 Å². The van der Waals surface area contributed by atoms with Crippen molar-refractivity contribution < 1.29 is 14.3 Å². The molecular formula is C12H14N2O4. The molecule has 1 aromatic rings. The Morgan fingerprint density at radius 1 is 1.44 bits per heavy atom. The van der Waals surface area contributed by atoms with E-state index in [0.29, 0.717) is 37.4 Å². The number of nitrogens with zero attached hydrogens (tertiary/aromatic N) is 1. The van der Waals surface area contributed by atoms with E-state index in [1.54, 1.807) is 13.0 Å². The fraction of sp³-hybridized carbons (Fsp3) is 0.500. The molecular weight excluding hydrogens is 236 g/mol. The first-order chi connectivity index (χ1) is 8.55. The van der Waals surface area contributed by atoms with E-state index in [2.05, 4.69) is 0 Å². The Morgan fingerprint density at radius 2 is 2.11 bits per heavy atom. The highest BCUT2D eigenvalue weighted by Crippen LogP contribution is 2.39. The number of aromatic nitrogens is 1. The van der Waals surface area contributed by atoms with Crippen LogP contribution in [0.25, 0.3) is 0 Å². The van der Waals surface area contributed by atoms with Gasteiger partial charge in [-0.1, -0.05) is 0 Å². The van der Waals surface area contributed by atoms with Crippen molar-refractivity contribution in [1.82, 2.24) is 4.57 Å². The Kier molecular flexibility index (Phi) is 2.33. The number of carbonyl (C=O) groups excluding carboxylic acids is 1. The van der Waals surface area contributed by atoms with Gasteiger partial charge in [-0.2, -0.15) is 0 Å². The number of primary amides is 1. The minimum atomic E-state index is -0.805. The second kappa shape index (κ2) is 3.66. The monoisotopic (exact) mass is 250 g/mol. The molecule has 3 rings (SSSR count). The van der Waals surface area contributed by atoms with E-state index in [9.17, 15) is 9.59 Å². The molecule has 2 N–H and O–H groups in total. The zero-order valence-corrected chi connectivity index (χ0v) is 10.1. The molecule has 1 saturated heterocycles. The summed E-state index contributed by atoms with van der Waals surface area (Å²) in [5.74, 6) is -1.50. The van der Waals surface area contributed by atoms with Crippen molar-refractivity contribution in [3.8, 4) is 0 Å². The van der Waals surface area contributed by atoms with E-state index in [-0.39, 0.29) is 11.1 Å². The average molecular weight is 250 g/mol. The van der Waals surface area contributed by atoms with Crippen LogP contribution in [0.3, 0.4) is 0 Å². The van der Waals surface area contributed by atoms with E-state index in [1.807, 2.05) is 0 Å². The standard InChI is InChI=1S/C12H14N2O4/c1-7-6-8-12(17-4-5-18-12)2-3-14(8)11(16)9(7)10(13)15/h6H,2-5H2,1H3,(H2,13,15). The fourth-order valence-corrected chi connectivity index (χ4v) is 2.74. The highest BCUT2D eigenvalue weighted by Gasteiger charge is 2.45. The molecule has 0 unspecified atom stereocenters. The molecule has 0 aliphatic carbocycles. The molecule has 18 heavy (non-hydrogen) atoms. The van der Waals surface area contributed by atoms with Crippen molar-refractivity contribution in [2.45, 2.75) is 25.7 Å². The number of rotatable bonds is 1. The molecule has 96 valence electrons. The third-order valence-electron chi connectivity index (χ3n) is 3.55. The van der Waals surface area contributed by atoms with Crippen LogP contribution in [0.2, 0.25) is 0 Å². The number of fused-ring (bicyclic) bond motifs is 2. The largest absolute Gasteiger partial charge is 0.365 e. The smallest absolute Gasteiger partial charge is 0.264 e. The van der Waals surface area contributed by atoms with Gasteiger partial charge in [0.1, 0.15) is 5.56 Å². The summed E-state index contributed by atoms with van der Waals surface area (Å²) in [7, 11) is 0. The van der Waals surface area contributed by atoms with Crippen LogP contribution in [0, 0.1) is 6.92 Å². The van der Waals surface area contributed by atoms with Crippen molar-refractivity contribution in [2.24, 2.45) is 5.73 Å². The minimum Gasteiger partial charge on any atom is -0.365 e. The predicted octanol–water partition coefficient (Wildman–Crippen LogP) is -0.141. The van der Waals surface area contributed by atoms with E-state index in [1.165, 1.54) is 4.57 Å². The number of ether oxygens (including phenoxy) is 2. The zero-order chi connectivity index (χ0) is 12.9. The summed E-state index contributed by atoms with van der Waals surface area (Å²) in [4.78, 5) is 23.5. The third-order valence-corrected chi connectivity index (χ3v) is 3.55. The Balaban J connectivity index is 2.23. The van der Waals surface area contributed by atoms with Crippen LogP contribution in [0.15, 0.2) is 10.9 Å². The molecule has 3 heterocycles. The van der Waals surface area contributed by atoms with Crippen LogP contribution in [-0.4, -0.2) is 23.7 Å². The topological polar surface area (TPSA) is 83.6 Å². The Labute approximate surface area is 103 Å². The molecule has 1 amide bonds. The maximum Gasteiger partial charge on any atom is 0.264 e. The van der Waals surface area contributed by atoms with Crippen LogP contribution in [0.1, 0.15) is 28.0 Å². The van der Waals surface area contributed by atoms with Crippen LogP contribution in [-0.2, 0) is 21.8 Å². The lowest BCUT2D eigenvalue weighted by Crippen LogP contribution is -2.33. The van der Waals surface area contributed by atoms with Gasteiger partial charge in [-0.3, -0.25) is 9.59 Å². The summed E-state index contributed by atoms with van der Waals surface area (Å²) >= 11 is 0. The van der Waals surface area contributed by atoms with E-state index in [0.717, 1.165) is 0 Å². The summed E-state index contributed by atoms with van der Waals surface area (Å²) in [5, 5.41) is 0. The number of hydrogen-bond donors (Lipinski definition) is 1. The van der Waals surface area contributed by atoms with Gasteiger partial charge >= 0.3 is 0 Å². The molecule has 1 fully saturated rings. The van der Waals surface area contributed by atoms with E-state index >= 15 is 0 Å². The van der Waals surface area contributed by atoms with Crippen molar-refractivity contribution in [3.63, 3.8) is 0 Å². The Hall–Kier alpha value is -1.66. The van der Waals surface area contributed by atoms with Crippen molar-refractivity contribution >= 4 is 5.91 Å². The molecule has 1 spiro atoms. The van der Waals surface area contributed by atoms with E-state index < -0.39 is 11.7 Å². The fourth-order valence-electron chi connectivity index (χ4n) is 2.74. The summed E-state index contributed by atoms with van der Waals surface area (Å²) in [6, 6.07) is 1.76. The minimum absolute atomic E-state index is 0.0498.